The van der Waals surface area contributed by atoms with Gasteiger partial charge in [0.2, 0.25) is 0 Å². The van der Waals surface area contributed by atoms with Crippen LogP contribution in [0.2, 0.25) is 0 Å². The van der Waals surface area contributed by atoms with E-state index >= 15 is 0 Å². The summed E-state index contributed by atoms with van der Waals surface area (Å²) in [5.74, 6) is -0.00709. The third-order valence-electron chi connectivity index (χ3n) is 5.28. The van der Waals surface area contributed by atoms with Crippen molar-refractivity contribution < 1.29 is 20.4 Å². The van der Waals surface area contributed by atoms with E-state index < -0.39 is 12.2 Å². The Morgan fingerprint density at radius 3 is 2.00 bits per heavy atom. The molecular weight excluding hydrogens is 352 g/mol. The van der Waals surface area contributed by atoms with Crippen molar-refractivity contribution in [2.45, 2.75) is 76.9 Å². The number of hydrogen-bond acceptors (Lipinski definition) is 4. The molecule has 0 heterocycles. The Morgan fingerprint density at radius 2 is 1.32 bits per heavy atom. The molecule has 0 spiro atoms. The predicted octanol–water partition coefficient (Wildman–Crippen LogP) is 5.69. The number of aromatic hydroxyl groups is 2. The van der Waals surface area contributed by atoms with E-state index in [0.29, 0.717) is 23.1 Å². The number of hydrogen-bond donors (Lipinski definition) is 4. The molecule has 4 N–H and O–H groups in total. The SMILES string of the molecule is CCCCCCCCCCC(O)C(O)c1cccc(O)c1-c1ccccc1O. The van der Waals surface area contributed by atoms with Crippen LogP contribution in [-0.4, -0.2) is 26.5 Å². The summed E-state index contributed by atoms with van der Waals surface area (Å²) in [5.41, 5.74) is 1.23. The van der Waals surface area contributed by atoms with E-state index in [2.05, 4.69) is 6.92 Å². The average molecular weight is 387 g/mol. The zero-order valence-electron chi connectivity index (χ0n) is 16.8. The number of unbranched alkanes of at least 4 members (excludes halogenated alkanes) is 7. The fraction of sp³-hybridized carbons (Fsp3) is 0.500. The minimum Gasteiger partial charge on any atom is -0.507 e. The van der Waals surface area contributed by atoms with Crippen molar-refractivity contribution in [3.63, 3.8) is 0 Å². The Hall–Kier alpha value is -2.04. The quantitative estimate of drug-likeness (QED) is 0.353. The van der Waals surface area contributed by atoms with Crippen LogP contribution in [0, 0.1) is 0 Å². The van der Waals surface area contributed by atoms with Crippen molar-refractivity contribution in [1.82, 2.24) is 0 Å². The van der Waals surface area contributed by atoms with Crippen molar-refractivity contribution in [2.24, 2.45) is 0 Å². The Balaban J connectivity index is 1.96. The molecule has 154 valence electrons. The highest BCUT2D eigenvalue weighted by Gasteiger charge is 2.24. The van der Waals surface area contributed by atoms with Crippen molar-refractivity contribution >= 4 is 0 Å². The molecular formula is C24H34O4. The van der Waals surface area contributed by atoms with Crippen LogP contribution in [0.1, 0.15) is 76.4 Å². The Kier molecular flexibility index (Phi) is 9.32. The molecule has 0 radical (unpaired) electrons. The fourth-order valence-electron chi connectivity index (χ4n) is 3.63. The number of benzene rings is 2. The molecule has 4 nitrogen and oxygen atoms in total. The van der Waals surface area contributed by atoms with E-state index in [0.717, 1.165) is 19.3 Å². The van der Waals surface area contributed by atoms with Crippen molar-refractivity contribution in [3.05, 3.63) is 48.0 Å². The normalized spacial score (nSPS) is 13.4. The predicted molar refractivity (Wildman–Crippen MR) is 113 cm³/mol. The molecule has 2 aromatic rings. The van der Waals surface area contributed by atoms with E-state index in [-0.39, 0.29) is 11.5 Å². The van der Waals surface area contributed by atoms with E-state index in [4.69, 9.17) is 0 Å². The van der Waals surface area contributed by atoms with Crippen molar-refractivity contribution in [2.75, 3.05) is 0 Å². The molecule has 28 heavy (non-hydrogen) atoms. The minimum atomic E-state index is -1.12. The van der Waals surface area contributed by atoms with Gasteiger partial charge in [0.05, 0.1) is 6.10 Å². The molecule has 2 atom stereocenters. The second kappa shape index (κ2) is 11.7. The summed E-state index contributed by atoms with van der Waals surface area (Å²) in [4.78, 5) is 0. The van der Waals surface area contributed by atoms with Gasteiger partial charge in [-0.05, 0) is 24.1 Å². The molecule has 2 rings (SSSR count). The van der Waals surface area contributed by atoms with Gasteiger partial charge in [-0.2, -0.15) is 0 Å². The molecule has 0 bridgehead atoms. The zero-order valence-corrected chi connectivity index (χ0v) is 16.8. The Bertz CT molecular complexity index is 714. The minimum absolute atomic E-state index is 0.0232. The first kappa shape index (κ1) is 22.3. The molecule has 0 aliphatic rings. The monoisotopic (exact) mass is 386 g/mol. The lowest BCUT2D eigenvalue weighted by Gasteiger charge is -2.22. The summed E-state index contributed by atoms with van der Waals surface area (Å²) in [6.45, 7) is 2.21. The molecule has 0 fully saturated rings. The molecule has 0 amide bonds. The first-order valence-electron chi connectivity index (χ1n) is 10.5. The number of phenolic OH excluding ortho intramolecular Hbond substituents is 2. The maximum absolute atomic E-state index is 10.7. The van der Waals surface area contributed by atoms with E-state index in [1.54, 1.807) is 30.3 Å². The summed E-state index contributed by atoms with van der Waals surface area (Å²) < 4.78 is 0. The van der Waals surface area contributed by atoms with Crippen LogP contribution in [0.3, 0.4) is 0 Å². The lowest BCUT2D eigenvalue weighted by molar-refractivity contribution is 0.0122. The molecule has 2 aromatic carbocycles. The topological polar surface area (TPSA) is 80.9 Å². The maximum Gasteiger partial charge on any atom is 0.123 e. The van der Waals surface area contributed by atoms with Gasteiger partial charge >= 0.3 is 0 Å². The van der Waals surface area contributed by atoms with Crippen molar-refractivity contribution in [3.8, 4) is 22.6 Å². The molecule has 0 aromatic heterocycles. The van der Waals surface area contributed by atoms with Gasteiger partial charge < -0.3 is 20.4 Å². The molecule has 0 aliphatic carbocycles. The second-order valence-corrected chi connectivity index (χ2v) is 7.53. The van der Waals surface area contributed by atoms with Gasteiger partial charge in [0.25, 0.3) is 0 Å². The number of rotatable bonds is 12. The van der Waals surface area contributed by atoms with Crippen LogP contribution >= 0.6 is 0 Å². The lowest BCUT2D eigenvalue weighted by atomic mass is 9.91. The summed E-state index contributed by atoms with van der Waals surface area (Å²) in [6.07, 6.45) is 7.88. The van der Waals surface area contributed by atoms with Gasteiger partial charge in [-0.1, -0.05) is 88.6 Å². The molecule has 0 saturated heterocycles. The molecule has 0 aliphatic heterocycles. The van der Waals surface area contributed by atoms with E-state index in [1.165, 1.54) is 44.2 Å². The zero-order chi connectivity index (χ0) is 20.4. The standard InChI is InChI=1S/C24H34O4/c1-2-3-4-5-6-7-8-9-16-22(27)24(28)19-14-12-17-21(26)23(19)18-13-10-11-15-20(18)25/h10-15,17,22,24-28H,2-9,16H2,1H3. The number of phenols is 2. The summed E-state index contributed by atoms with van der Waals surface area (Å²) in [7, 11) is 0. The highest BCUT2D eigenvalue weighted by Crippen LogP contribution is 2.41. The highest BCUT2D eigenvalue weighted by molar-refractivity contribution is 5.78. The first-order valence-corrected chi connectivity index (χ1v) is 10.5. The number of aliphatic hydroxyl groups excluding tert-OH is 2. The number of aliphatic hydroxyl groups is 2. The maximum atomic E-state index is 10.7. The Morgan fingerprint density at radius 1 is 0.714 bits per heavy atom. The molecule has 4 heteroatoms. The molecule has 0 saturated carbocycles. The van der Waals surface area contributed by atoms with Crippen LogP contribution in [-0.2, 0) is 0 Å². The third-order valence-corrected chi connectivity index (χ3v) is 5.28. The van der Waals surface area contributed by atoms with E-state index in [1.807, 2.05) is 0 Å². The molecule has 2 unspecified atom stereocenters. The van der Waals surface area contributed by atoms with Crippen LogP contribution in [0.15, 0.2) is 42.5 Å². The van der Waals surface area contributed by atoms with Gasteiger partial charge in [0, 0.05) is 11.1 Å². The first-order chi connectivity index (χ1) is 13.6. The fourth-order valence-corrected chi connectivity index (χ4v) is 3.63. The van der Waals surface area contributed by atoms with E-state index in [9.17, 15) is 20.4 Å². The average Bonchev–Trinajstić information content (AvgIpc) is 2.70. The summed E-state index contributed by atoms with van der Waals surface area (Å²) in [6, 6.07) is 11.5. The van der Waals surface area contributed by atoms with Gasteiger partial charge in [-0.3, -0.25) is 0 Å². The van der Waals surface area contributed by atoms with Gasteiger partial charge in [0.15, 0.2) is 0 Å². The summed E-state index contributed by atoms with van der Waals surface area (Å²) in [5, 5.41) is 41.7. The van der Waals surface area contributed by atoms with Crippen LogP contribution in [0.25, 0.3) is 11.1 Å². The Labute approximate surface area is 168 Å². The van der Waals surface area contributed by atoms with Crippen LogP contribution in [0.4, 0.5) is 0 Å². The number of para-hydroxylation sites is 1. The van der Waals surface area contributed by atoms with Crippen molar-refractivity contribution in [1.29, 1.82) is 0 Å². The van der Waals surface area contributed by atoms with Crippen LogP contribution < -0.4 is 0 Å². The van der Waals surface area contributed by atoms with Crippen LogP contribution in [0.5, 0.6) is 11.5 Å². The highest BCUT2D eigenvalue weighted by atomic mass is 16.3. The third kappa shape index (κ3) is 6.25. The summed E-state index contributed by atoms with van der Waals surface area (Å²) >= 11 is 0. The van der Waals surface area contributed by atoms with Gasteiger partial charge in [0.1, 0.15) is 17.6 Å². The second-order valence-electron chi connectivity index (χ2n) is 7.53. The van der Waals surface area contributed by atoms with Gasteiger partial charge in [-0.15, -0.1) is 0 Å². The van der Waals surface area contributed by atoms with Gasteiger partial charge in [-0.25, -0.2) is 0 Å². The smallest absolute Gasteiger partial charge is 0.123 e. The largest absolute Gasteiger partial charge is 0.507 e. The lowest BCUT2D eigenvalue weighted by Crippen LogP contribution is -2.19.